The van der Waals surface area contributed by atoms with E-state index in [0.29, 0.717) is 6.42 Å². The van der Waals surface area contributed by atoms with Crippen LogP contribution in [0.15, 0.2) is 30.3 Å². The summed E-state index contributed by atoms with van der Waals surface area (Å²) in [6, 6.07) is 10.9. The van der Waals surface area contributed by atoms with Crippen LogP contribution in [0.3, 0.4) is 0 Å². The number of carbonyl (C=O) groups is 1. The van der Waals surface area contributed by atoms with Crippen molar-refractivity contribution in [2.75, 3.05) is 0 Å². The number of nitrogens with two attached hydrogens (primary N) is 1. The molecule has 84 valence electrons. The third kappa shape index (κ3) is 3.71. The Balaban J connectivity index is 2.63. The average Bonchev–Trinajstić information content (AvgIpc) is 2.26. The van der Waals surface area contributed by atoms with Gasteiger partial charge in [-0.25, -0.2) is 0 Å². The smallest absolute Gasteiger partial charge is 0.304 e. The predicted octanol–water partition coefficient (Wildman–Crippen LogP) is 1.17. The SMILES string of the molecule is N#CC(Cc1ccccc1)[C@@H](N)CC(=O)O. The van der Waals surface area contributed by atoms with Crippen LogP contribution < -0.4 is 5.73 Å². The van der Waals surface area contributed by atoms with Crippen molar-refractivity contribution >= 4 is 5.97 Å². The summed E-state index contributed by atoms with van der Waals surface area (Å²) >= 11 is 0. The van der Waals surface area contributed by atoms with Gasteiger partial charge in [0.2, 0.25) is 0 Å². The Bertz CT molecular complexity index is 384. The molecular weight excluding hydrogens is 204 g/mol. The van der Waals surface area contributed by atoms with Crippen LogP contribution in [0, 0.1) is 17.2 Å². The van der Waals surface area contributed by atoms with E-state index >= 15 is 0 Å². The molecule has 0 aromatic heterocycles. The van der Waals surface area contributed by atoms with E-state index in [9.17, 15) is 4.79 Å². The van der Waals surface area contributed by atoms with Gasteiger partial charge in [-0.1, -0.05) is 30.3 Å². The highest BCUT2D eigenvalue weighted by molar-refractivity contribution is 5.67. The van der Waals surface area contributed by atoms with Crippen LogP contribution in [0.25, 0.3) is 0 Å². The molecule has 0 bridgehead atoms. The Morgan fingerprint density at radius 3 is 2.56 bits per heavy atom. The summed E-state index contributed by atoms with van der Waals surface area (Å²) in [5.74, 6) is -1.43. The number of hydrogen-bond acceptors (Lipinski definition) is 3. The summed E-state index contributed by atoms with van der Waals surface area (Å²) in [4.78, 5) is 10.5. The van der Waals surface area contributed by atoms with E-state index in [1.165, 1.54) is 0 Å². The van der Waals surface area contributed by atoms with Crippen molar-refractivity contribution in [2.24, 2.45) is 11.7 Å². The molecule has 0 saturated carbocycles. The fourth-order valence-electron chi connectivity index (χ4n) is 1.50. The predicted molar refractivity (Wildman–Crippen MR) is 59.5 cm³/mol. The monoisotopic (exact) mass is 218 g/mol. The van der Waals surface area contributed by atoms with E-state index in [4.69, 9.17) is 16.1 Å². The Labute approximate surface area is 94.3 Å². The molecule has 1 unspecified atom stereocenters. The lowest BCUT2D eigenvalue weighted by Crippen LogP contribution is -2.33. The molecule has 0 aliphatic carbocycles. The molecule has 3 N–H and O–H groups in total. The first-order chi connectivity index (χ1) is 7.63. The van der Waals surface area contributed by atoms with Gasteiger partial charge in [0.25, 0.3) is 0 Å². The number of carboxylic acid groups (broad SMARTS) is 1. The molecule has 1 aromatic carbocycles. The fraction of sp³-hybridized carbons (Fsp3) is 0.333. The van der Waals surface area contributed by atoms with Gasteiger partial charge in [0, 0.05) is 6.04 Å². The second-order valence-corrected chi connectivity index (χ2v) is 3.69. The first-order valence-electron chi connectivity index (χ1n) is 5.04. The van der Waals surface area contributed by atoms with Crippen molar-refractivity contribution < 1.29 is 9.90 Å². The van der Waals surface area contributed by atoms with Crippen LogP contribution >= 0.6 is 0 Å². The molecule has 0 fully saturated rings. The van der Waals surface area contributed by atoms with E-state index in [0.717, 1.165) is 5.56 Å². The molecule has 4 nitrogen and oxygen atoms in total. The van der Waals surface area contributed by atoms with Crippen LogP contribution in [0.4, 0.5) is 0 Å². The Hall–Kier alpha value is -1.86. The summed E-state index contributed by atoms with van der Waals surface area (Å²) in [6.45, 7) is 0. The van der Waals surface area contributed by atoms with Gasteiger partial charge in [-0.15, -0.1) is 0 Å². The highest BCUT2D eigenvalue weighted by Crippen LogP contribution is 2.12. The summed E-state index contributed by atoms with van der Waals surface area (Å²) in [7, 11) is 0. The highest BCUT2D eigenvalue weighted by atomic mass is 16.4. The fourth-order valence-corrected chi connectivity index (χ4v) is 1.50. The van der Waals surface area contributed by atoms with Gasteiger partial charge in [0.05, 0.1) is 18.4 Å². The van der Waals surface area contributed by atoms with E-state index in [2.05, 4.69) is 6.07 Å². The van der Waals surface area contributed by atoms with Crippen molar-refractivity contribution in [3.05, 3.63) is 35.9 Å². The number of nitriles is 1. The van der Waals surface area contributed by atoms with E-state index in [1.807, 2.05) is 30.3 Å². The summed E-state index contributed by atoms with van der Waals surface area (Å²) < 4.78 is 0. The first kappa shape index (κ1) is 12.2. The maximum atomic E-state index is 10.5. The maximum Gasteiger partial charge on any atom is 0.304 e. The van der Waals surface area contributed by atoms with Gasteiger partial charge in [0.1, 0.15) is 0 Å². The number of benzene rings is 1. The van der Waals surface area contributed by atoms with E-state index < -0.39 is 17.9 Å². The van der Waals surface area contributed by atoms with Gasteiger partial charge >= 0.3 is 5.97 Å². The first-order valence-corrected chi connectivity index (χ1v) is 5.04. The van der Waals surface area contributed by atoms with Crippen molar-refractivity contribution in [3.63, 3.8) is 0 Å². The normalized spacial score (nSPS) is 13.8. The van der Waals surface area contributed by atoms with Gasteiger partial charge < -0.3 is 10.8 Å². The lowest BCUT2D eigenvalue weighted by Gasteiger charge is -2.15. The zero-order valence-corrected chi connectivity index (χ0v) is 8.84. The number of carboxylic acids is 1. The molecule has 0 amide bonds. The Kier molecular flexibility index (Phi) is 4.49. The quantitative estimate of drug-likeness (QED) is 0.776. The molecule has 0 aliphatic rings. The Morgan fingerprint density at radius 1 is 1.44 bits per heavy atom. The standard InChI is InChI=1S/C12H14N2O2/c13-8-10(11(14)7-12(15)16)6-9-4-2-1-3-5-9/h1-5,10-11H,6-7,14H2,(H,15,16)/t10?,11-/m0/s1. The third-order valence-electron chi connectivity index (χ3n) is 2.39. The second-order valence-electron chi connectivity index (χ2n) is 3.69. The van der Waals surface area contributed by atoms with Gasteiger partial charge in [0.15, 0.2) is 0 Å². The minimum Gasteiger partial charge on any atom is -0.481 e. The van der Waals surface area contributed by atoms with Crippen molar-refractivity contribution in [3.8, 4) is 6.07 Å². The van der Waals surface area contributed by atoms with Crippen molar-refractivity contribution in [2.45, 2.75) is 18.9 Å². The second kappa shape index (κ2) is 5.89. The number of nitrogens with zero attached hydrogens (tertiary/aromatic N) is 1. The van der Waals surface area contributed by atoms with Crippen LogP contribution in [0.2, 0.25) is 0 Å². The Morgan fingerprint density at radius 2 is 2.06 bits per heavy atom. The number of aliphatic carboxylic acids is 1. The molecule has 4 heteroatoms. The number of hydrogen-bond donors (Lipinski definition) is 2. The van der Waals surface area contributed by atoms with Crippen LogP contribution in [-0.4, -0.2) is 17.1 Å². The van der Waals surface area contributed by atoms with Crippen LogP contribution in [0.1, 0.15) is 12.0 Å². The third-order valence-corrected chi connectivity index (χ3v) is 2.39. The molecule has 0 saturated heterocycles. The van der Waals surface area contributed by atoms with Gasteiger partial charge in [-0.2, -0.15) is 5.26 Å². The molecule has 16 heavy (non-hydrogen) atoms. The molecule has 1 aromatic rings. The van der Waals surface area contributed by atoms with Crippen molar-refractivity contribution in [1.82, 2.24) is 0 Å². The molecule has 0 radical (unpaired) electrons. The van der Waals surface area contributed by atoms with Gasteiger partial charge in [-0.05, 0) is 12.0 Å². The molecule has 0 aliphatic heterocycles. The highest BCUT2D eigenvalue weighted by Gasteiger charge is 2.20. The minimum atomic E-state index is -0.971. The summed E-state index contributed by atoms with van der Waals surface area (Å²) in [5.41, 5.74) is 6.67. The van der Waals surface area contributed by atoms with Crippen LogP contribution in [0.5, 0.6) is 0 Å². The van der Waals surface area contributed by atoms with Crippen molar-refractivity contribution in [1.29, 1.82) is 5.26 Å². The number of rotatable bonds is 5. The molecular formula is C12H14N2O2. The largest absolute Gasteiger partial charge is 0.481 e. The van der Waals surface area contributed by atoms with Crippen LogP contribution in [-0.2, 0) is 11.2 Å². The topological polar surface area (TPSA) is 87.1 Å². The lowest BCUT2D eigenvalue weighted by molar-refractivity contribution is -0.137. The maximum absolute atomic E-state index is 10.5. The van der Waals surface area contributed by atoms with E-state index in [-0.39, 0.29) is 6.42 Å². The minimum absolute atomic E-state index is 0.176. The zero-order valence-electron chi connectivity index (χ0n) is 8.84. The lowest BCUT2D eigenvalue weighted by atomic mass is 9.92. The molecule has 0 heterocycles. The summed E-state index contributed by atoms with van der Waals surface area (Å²) in [5, 5.41) is 17.6. The van der Waals surface area contributed by atoms with Gasteiger partial charge in [-0.3, -0.25) is 4.79 Å². The summed E-state index contributed by atoms with van der Waals surface area (Å²) in [6.07, 6.45) is 0.316. The molecule has 1 rings (SSSR count). The average molecular weight is 218 g/mol. The van der Waals surface area contributed by atoms with E-state index in [1.54, 1.807) is 0 Å². The zero-order chi connectivity index (χ0) is 12.0. The molecule has 2 atom stereocenters. The molecule has 0 spiro atoms.